The van der Waals surface area contributed by atoms with Crippen LogP contribution in [0.4, 0.5) is 13.2 Å². The number of benzene rings is 1. The summed E-state index contributed by atoms with van der Waals surface area (Å²) < 4.78 is 45.3. The Morgan fingerprint density at radius 2 is 2.08 bits per heavy atom. The number of amides is 1. The number of carbonyl (C=O) groups excluding carboxylic acids is 1. The van der Waals surface area contributed by atoms with Crippen LogP contribution >= 0.6 is 0 Å². The molecule has 0 saturated carbocycles. The predicted octanol–water partition coefficient (Wildman–Crippen LogP) is 1.80. The second-order valence-corrected chi connectivity index (χ2v) is 5.04. The van der Waals surface area contributed by atoms with Gasteiger partial charge < -0.3 is 15.2 Å². The fourth-order valence-electron chi connectivity index (χ4n) is 2.22. The Morgan fingerprint density at radius 1 is 1.42 bits per heavy atom. The highest BCUT2D eigenvalue weighted by molar-refractivity contribution is 5.82. The molecule has 0 aliphatic carbocycles. The number of carbonyl (C=O) groups is 1. The Balaban J connectivity index is 2.13. The first-order chi connectivity index (χ1) is 11.2. The number of methoxy groups -OCH3 is 1. The number of aromatic nitrogens is 2. The molecule has 1 aromatic carbocycles. The molecule has 1 atom stereocenters. The molecule has 0 aliphatic heterocycles. The first-order valence-corrected chi connectivity index (χ1v) is 6.92. The maximum absolute atomic E-state index is 13.0. The van der Waals surface area contributed by atoms with E-state index in [2.05, 4.69) is 10.4 Å². The van der Waals surface area contributed by atoms with E-state index in [4.69, 9.17) is 4.74 Å². The number of nitrogens with zero attached hydrogens (tertiary/aromatic N) is 2. The van der Waals surface area contributed by atoms with Crippen molar-refractivity contribution in [2.24, 2.45) is 7.05 Å². The van der Waals surface area contributed by atoms with Crippen molar-refractivity contribution in [2.45, 2.75) is 18.8 Å². The number of rotatable bonds is 5. The molecule has 24 heavy (non-hydrogen) atoms. The van der Waals surface area contributed by atoms with Gasteiger partial charge in [0.25, 0.3) is 5.91 Å². The zero-order chi connectivity index (χ0) is 17.9. The number of halogens is 3. The van der Waals surface area contributed by atoms with E-state index in [1.54, 1.807) is 13.2 Å². The normalized spacial score (nSPS) is 12.8. The maximum Gasteiger partial charge on any atom is 0.416 e. The highest BCUT2D eigenvalue weighted by Gasteiger charge is 2.36. The van der Waals surface area contributed by atoms with Gasteiger partial charge in [-0.05, 0) is 6.07 Å². The number of ether oxygens (including phenoxy) is 1. The molecule has 0 fully saturated rings. The summed E-state index contributed by atoms with van der Waals surface area (Å²) in [6, 6.07) is 4.40. The summed E-state index contributed by atoms with van der Waals surface area (Å²) in [4.78, 5) is 12.0. The minimum atomic E-state index is -4.66. The molecule has 2 N–H and O–H groups in total. The molecule has 0 spiro atoms. The Kier molecular flexibility index (Phi) is 5.13. The molecule has 2 aromatic rings. The average molecular weight is 343 g/mol. The molecular weight excluding hydrogens is 327 g/mol. The van der Waals surface area contributed by atoms with Gasteiger partial charge in [-0.15, -0.1) is 5.10 Å². The highest BCUT2D eigenvalue weighted by atomic mass is 19.4. The van der Waals surface area contributed by atoms with Crippen molar-refractivity contribution in [1.82, 2.24) is 15.1 Å². The van der Waals surface area contributed by atoms with Gasteiger partial charge in [0, 0.05) is 25.4 Å². The van der Waals surface area contributed by atoms with E-state index in [1.807, 2.05) is 0 Å². The van der Waals surface area contributed by atoms with Crippen molar-refractivity contribution in [2.75, 3.05) is 7.11 Å². The summed E-state index contributed by atoms with van der Waals surface area (Å²) in [5.74, 6) is -0.666. The van der Waals surface area contributed by atoms with E-state index in [-0.39, 0.29) is 12.4 Å². The second-order valence-electron chi connectivity index (χ2n) is 5.04. The lowest BCUT2D eigenvalue weighted by atomic mass is 10.0. The van der Waals surface area contributed by atoms with Crippen LogP contribution in [-0.2, 0) is 24.6 Å². The summed E-state index contributed by atoms with van der Waals surface area (Å²) in [5, 5.41) is 16.3. The molecular formula is C15H16F3N3O3. The van der Waals surface area contributed by atoms with Crippen LogP contribution in [-0.4, -0.2) is 27.9 Å². The van der Waals surface area contributed by atoms with Crippen molar-refractivity contribution in [3.63, 3.8) is 0 Å². The Labute approximate surface area is 135 Å². The number of hydrogen-bond donors (Lipinski definition) is 2. The van der Waals surface area contributed by atoms with Crippen molar-refractivity contribution in [1.29, 1.82) is 0 Å². The van der Waals surface area contributed by atoms with Gasteiger partial charge in [-0.3, -0.25) is 9.48 Å². The molecule has 9 heteroatoms. The third-order valence-electron chi connectivity index (χ3n) is 3.32. The Morgan fingerprint density at radius 3 is 2.71 bits per heavy atom. The molecule has 6 nitrogen and oxygen atoms in total. The standard InChI is InChI=1S/C15H16F3N3O3/c1-21-8-9(14(20-21)24-2)7-19-13(23)12(22)10-5-3-4-6-11(10)15(16,17)18/h3-6,8,12,22H,7H2,1-2H3,(H,19,23). The van der Waals surface area contributed by atoms with Crippen molar-refractivity contribution in [3.05, 3.63) is 47.2 Å². The van der Waals surface area contributed by atoms with E-state index >= 15 is 0 Å². The van der Waals surface area contributed by atoms with Crippen LogP contribution in [0.15, 0.2) is 30.5 Å². The van der Waals surface area contributed by atoms with Crippen LogP contribution < -0.4 is 10.1 Å². The van der Waals surface area contributed by atoms with Crippen molar-refractivity contribution >= 4 is 5.91 Å². The minimum Gasteiger partial charge on any atom is -0.480 e. The van der Waals surface area contributed by atoms with Gasteiger partial charge in [0.15, 0.2) is 6.10 Å². The minimum absolute atomic E-state index is 0.0406. The molecule has 1 aromatic heterocycles. The molecule has 0 aliphatic rings. The average Bonchev–Trinajstić information content (AvgIpc) is 2.91. The molecule has 0 bridgehead atoms. The fraction of sp³-hybridized carbons (Fsp3) is 0.333. The topological polar surface area (TPSA) is 76.4 Å². The largest absolute Gasteiger partial charge is 0.480 e. The molecule has 1 heterocycles. The molecule has 1 unspecified atom stereocenters. The Bertz CT molecular complexity index is 728. The number of nitrogens with one attached hydrogen (secondary N) is 1. The van der Waals surface area contributed by atoms with Gasteiger partial charge in [0.2, 0.25) is 5.88 Å². The maximum atomic E-state index is 13.0. The summed E-state index contributed by atoms with van der Waals surface area (Å²) in [7, 11) is 3.06. The lowest BCUT2D eigenvalue weighted by molar-refractivity contribution is -0.140. The summed E-state index contributed by atoms with van der Waals surface area (Å²) in [5.41, 5.74) is -1.02. The molecule has 130 valence electrons. The van der Waals surface area contributed by atoms with Crippen LogP contribution in [0.3, 0.4) is 0 Å². The van der Waals surface area contributed by atoms with E-state index in [0.717, 1.165) is 12.1 Å². The van der Waals surface area contributed by atoms with Gasteiger partial charge in [-0.2, -0.15) is 13.2 Å². The van der Waals surface area contributed by atoms with Crippen LogP contribution in [0.25, 0.3) is 0 Å². The monoisotopic (exact) mass is 343 g/mol. The second kappa shape index (κ2) is 6.91. The zero-order valence-electron chi connectivity index (χ0n) is 13.0. The summed E-state index contributed by atoms with van der Waals surface area (Å²) in [6.07, 6.45) is -5.01. The van der Waals surface area contributed by atoms with Crippen LogP contribution in [0, 0.1) is 0 Å². The Hall–Kier alpha value is -2.55. The quantitative estimate of drug-likeness (QED) is 0.868. The van der Waals surface area contributed by atoms with Crippen LogP contribution in [0.2, 0.25) is 0 Å². The van der Waals surface area contributed by atoms with Gasteiger partial charge in [-0.1, -0.05) is 18.2 Å². The zero-order valence-corrected chi connectivity index (χ0v) is 13.0. The van der Waals surface area contributed by atoms with Crippen LogP contribution in [0.5, 0.6) is 5.88 Å². The van der Waals surface area contributed by atoms with Gasteiger partial charge in [0.05, 0.1) is 18.2 Å². The molecule has 2 rings (SSSR count). The van der Waals surface area contributed by atoms with Gasteiger partial charge in [-0.25, -0.2) is 0 Å². The van der Waals surface area contributed by atoms with Crippen molar-refractivity contribution in [3.8, 4) is 5.88 Å². The lowest BCUT2D eigenvalue weighted by Crippen LogP contribution is -2.30. The first kappa shape index (κ1) is 17.8. The SMILES string of the molecule is COc1nn(C)cc1CNC(=O)C(O)c1ccccc1C(F)(F)F. The predicted molar refractivity (Wildman–Crippen MR) is 78.0 cm³/mol. The molecule has 0 saturated heterocycles. The molecule has 1 amide bonds. The number of alkyl halides is 3. The summed E-state index contributed by atoms with van der Waals surface area (Å²) in [6.45, 7) is -0.0406. The lowest BCUT2D eigenvalue weighted by Gasteiger charge is -2.17. The number of aliphatic hydroxyl groups is 1. The molecule has 0 radical (unpaired) electrons. The first-order valence-electron chi connectivity index (χ1n) is 6.92. The van der Waals surface area contributed by atoms with E-state index in [1.165, 1.54) is 23.9 Å². The number of aryl methyl sites for hydroxylation is 1. The van der Waals surface area contributed by atoms with Crippen molar-refractivity contribution < 1.29 is 27.8 Å². The van der Waals surface area contributed by atoms with E-state index in [9.17, 15) is 23.1 Å². The van der Waals surface area contributed by atoms with E-state index in [0.29, 0.717) is 5.56 Å². The van der Waals surface area contributed by atoms with Gasteiger partial charge in [0.1, 0.15) is 0 Å². The third-order valence-corrected chi connectivity index (χ3v) is 3.32. The highest BCUT2D eigenvalue weighted by Crippen LogP contribution is 2.34. The van der Waals surface area contributed by atoms with E-state index < -0.39 is 29.3 Å². The summed E-state index contributed by atoms with van der Waals surface area (Å²) >= 11 is 0. The smallest absolute Gasteiger partial charge is 0.416 e. The number of aliphatic hydroxyl groups excluding tert-OH is 1. The third kappa shape index (κ3) is 3.85. The number of hydrogen-bond acceptors (Lipinski definition) is 4. The fourth-order valence-corrected chi connectivity index (χ4v) is 2.22. The van der Waals surface area contributed by atoms with Gasteiger partial charge >= 0.3 is 6.18 Å². The van der Waals surface area contributed by atoms with Crippen LogP contribution in [0.1, 0.15) is 22.8 Å².